The van der Waals surface area contributed by atoms with Crippen LogP contribution in [0.2, 0.25) is 0 Å². The van der Waals surface area contributed by atoms with Crippen molar-refractivity contribution in [3.63, 3.8) is 0 Å². The van der Waals surface area contributed by atoms with Crippen molar-refractivity contribution < 1.29 is 18.0 Å². The summed E-state index contributed by atoms with van der Waals surface area (Å²) in [6.45, 7) is 2.30. The second kappa shape index (κ2) is 5.40. The standard InChI is InChI=1S/C16H16F3N3O/c1-9-5-13(21-11-7-15(23)22(2)8-11)12-4-3-10(16(17,18)19)6-14(12)20-9/h3-6,11H,7-8H2,1-2H3,(H,20,21). The molecule has 7 heteroatoms. The Balaban J connectivity index is 1.99. The van der Waals surface area contributed by atoms with E-state index in [-0.39, 0.29) is 11.9 Å². The molecule has 1 atom stereocenters. The summed E-state index contributed by atoms with van der Waals surface area (Å²) in [4.78, 5) is 17.4. The number of likely N-dealkylation sites (N-methyl/N-ethyl adjacent to an activating group) is 1. The van der Waals surface area contributed by atoms with Crippen LogP contribution in [-0.4, -0.2) is 35.4 Å². The van der Waals surface area contributed by atoms with Crippen LogP contribution in [-0.2, 0) is 11.0 Å². The van der Waals surface area contributed by atoms with Gasteiger partial charge >= 0.3 is 6.18 Å². The molecule has 0 aliphatic carbocycles. The number of carbonyl (C=O) groups excluding carboxylic acids is 1. The van der Waals surface area contributed by atoms with Gasteiger partial charge in [-0.1, -0.05) is 6.07 Å². The molecular weight excluding hydrogens is 307 g/mol. The van der Waals surface area contributed by atoms with Crippen LogP contribution in [0.1, 0.15) is 17.7 Å². The monoisotopic (exact) mass is 323 g/mol. The summed E-state index contributed by atoms with van der Waals surface area (Å²) >= 11 is 0. The SMILES string of the molecule is Cc1cc(NC2CC(=O)N(C)C2)c2ccc(C(F)(F)F)cc2n1. The fourth-order valence-corrected chi connectivity index (χ4v) is 2.84. The van der Waals surface area contributed by atoms with Gasteiger partial charge in [-0.15, -0.1) is 0 Å². The van der Waals surface area contributed by atoms with Gasteiger partial charge in [0.25, 0.3) is 0 Å². The number of fused-ring (bicyclic) bond motifs is 1. The van der Waals surface area contributed by atoms with E-state index in [1.54, 1.807) is 24.9 Å². The van der Waals surface area contributed by atoms with Crippen LogP contribution >= 0.6 is 0 Å². The highest BCUT2D eigenvalue weighted by molar-refractivity contribution is 5.92. The second-order valence-corrected chi connectivity index (χ2v) is 5.86. The van der Waals surface area contributed by atoms with Crippen LogP contribution in [0.15, 0.2) is 24.3 Å². The molecule has 4 nitrogen and oxygen atoms in total. The normalized spacial score (nSPS) is 18.7. The lowest BCUT2D eigenvalue weighted by Crippen LogP contribution is -2.24. The molecule has 1 amide bonds. The third kappa shape index (κ3) is 3.09. The number of hydrogen-bond acceptors (Lipinski definition) is 3. The molecule has 1 aliphatic heterocycles. The van der Waals surface area contributed by atoms with Crippen LogP contribution in [0.5, 0.6) is 0 Å². The molecule has 1 aromatic carbocycles. The predicted molar refractivity (Wildman–Crippen MR) is 81.1 cm³/mol. The highest BCUT2D eigenvalue weighted by atomic mass is 19.4. The maximum absolute atomic E-state index is 12.8. The van der Waals surface area contributed by atoms with E-state index in [0.717, 1.165) is 12.1 Å². The zero-order valence-corrected chi connectivity index (χ0v) is 12.7. The van der Waals surface area contributed by atoms with E-state index >= 15 is 0 Å². The van der Waals surface area contributed by atoms with Gasteiger partial charge in [-0.05, 0) is 25.1 Å². The molecule has 1 aliphatic rings. The Kier molecular flexibility index (Phi) is 3.66. The number of aryl methyl sites for hydroxylation is 1. The minimum absolute atomic E-state index is 0.0527. The summed E-state index contributed by atoms with van der Waals surface area (Å²) in [6.07, 6.45) is -4.02. The Bertz CT molecular complexity index is 773. The van der Waals surface area contributed by atoms with Gasteiger partial charge in [0.1, 0.15) is 0 Å². The van der Waals surface area contributed by atoms with Crippen LogP contribution in [0.25, 0.3) is 10.9 Å². The number of amides is 1. The minimum Gasteiger partial charge on any atom is -0.379 e. The molecule has 0 bridgehead atoms. The molecule has 23 heavy (non-hydrogen) atoms. The van der Waals surface area contributed by atoms with Gasteiger partial charge < -0.3 is 10.2 Å². The van der Waals surface area contributed by atoms with E-state index in [4.69, 9.17) is 0 Å². The fourth-order valence-electron chi connectivity index (χ4n) is 2.84. The summed E-state index contributed by atoms with van der Waals surface area (Å²) in [7, 11) is 1.73. The first-order valence-electron chi connectivity index (χ1n) is 7.23. The second-order valence-electron chi connectivity index (χ2n) is 5.86. The number of aromatic nitrogens is 1. The van der Waals surface area contributed by atoms with Crippen LogP contribution in [0.3, 0.4) is 0 Å². The molecular formula is C16H16F3N3O. The molecule has 0 radical (unpaired) electrons. The van der Waals surface area contributed by atoms with Gasteiger partial charge in [0.2, 0.25) is 5.91 Å². The Morgan fingerprint density at radius 1 is 1.30 bits per heavy atom. The van der Waals surface area contributed by atoms with Crippen molar-refractivity contribution in [1.29, 1.82) is 0 Å². The number of alkyl halides is 3. The highest BCUT2D eigenvalue weighted by Gasteiger charge is 2.31. The molecule has 1 unspecified atom stereocenters. The van der Waals surface area contributed by atoms with Gasteiger partial charge in [-0.25, -0.2) is 0 Å². The third-order valence-electron chi connectivity index (χ3n) is 3.97. The number of hydrogen-bond donors (Lipinski definition) is 1. The average molecular weight is 323 g/mol. The molecule has 2 heterocycles. The zero-order chi connectivity index (χ0) is 16.8. The molecule has 0 saturated carbocycles. The predicted octanol–water partition coefficient (Wildman–Crippen LogP) is 3.20. The lowest BCUT2D eigenvalue weighted by atomic mass is 10.1. The zero-order valence-electron chi connectivity index (χ0n) is 12.7. The molecule has 3 rings (SSSR count). The smallest absolute Gasteiger partial charge is 0.379 e. The number of rotatable bonds is 2. The van der Waals surface area contributed by atoms with E-state index < -0.39 is 11.7 Å². The first-order chi connectivity index (χ1) is 10.7. The van der Waals surface area contributed by atoms with Gasteiger partial charge in [0, 0.05) is 36.8 Å². The number of halogens is 3. The summed E-state index contributed by atoms with van der Waals surface area (Å²) in [5.41, 5.74) is 0.899. The molecule has 122 valence electrons. The summed E-state index contributed by atoms with van der Waals surface area (Å²) < 4.78 is 38.5. The van der Waals surface area contributed by atoms with Gasteiger partial charge in [0.15, 0.2) is 0 Å². The van der Waals surface area contributed by atoms with E-state index in [0.29, 0.717) is 35.2 Å². The van der Waals surface area contributed by atoms with Crippen LogP contribution in [0.4, 0.5) is 18.9 Å². The molecule has 1 saturated heterocycles. The lowest BCUT2D eigenvalue weighted by Gasteiger charge is -2.17. The molecule has 1 fully saturated rings. The van der Waals surface area contributed by atoms with E-state index in [1.807, 2.05) is 0 Å². The third-order valence-corrected chi connectivity index (χ3v) is 3.97. The lowest BCUT2D eigenvalue weighted by molar-refractivity contribution is -0.137. The van der Waals surface area contributed by atoms with Gasteiger partial charge in [-0.2, -0.15) is 13.2 Å². The number of anilines is 1. The highest BCUT2D eigenvalue weighted by Crippen LogP contribution is 2.33. The summed E-state index contributed by atoms with van der Waals surface area (Å²) in [6, 6.07) is 5.27. The largest absolute Gasteiger partial charge is 0.416 e. The topological polar surface area (TPSA) is 45.2 Å². The van der Waals surface area contributed by atoms with Crippen molar-refractivity contribution in [3.05, 3.63) is 35.5 Å². The Labute approximate surface area is 131 Å². The number of pyridine rings is 1. The number of likely N-dealkylation sites (tertiary alicyclic amines) is 1. The Hall–Kier alpha value is -2.31. The maximum atomic E-state index is 12.8. The molecule has 2 aromatic rings. The number of nitrogens with one attached hydrogen (secondary N) is 1. The summed E-state index contributed by atoms with van der Waals surface area (Å²) in [5.74, 6) is 0.0527. The van der Waals surface area contributed by atoms with E-state index in [9.17, 15) is 18.0 Å². The van der Waals surface area contributed by atoms with E-state index in [2.05, 4.69) is 10.3 Å². The minimum atomic E-state index is -4.40. The molecule has 1 N–H and O–H groups in total. The molecule has 1 aromatic heterocycles. The van der Waals surface area contributed by atoms with Gasteiger partial charge in [-0.3, -0.25) is 9.78 Å². The van der Waals surface area contributed by atoms with Crippen molar-refractivity contribution in [1.82, 2.24) is 9.88 Å². The van der Waals surface area contributed by atoms with Crippen molar-refractivity contribution >= 4 is 22.5 Å². The van der Waals surface area contributed by atoms with E-state index in [1.165, 1.54) is 6.07 Å². The number of benzene rings is 1. The quantitative estimate of drug-likeness (QED) is 0.923. The van der Waals surface area contributed by atoms with Crippen molar-refractivity contribution in [3.8, 4) is 0 Å². The Morgan fingerprint density at radius 3 is 2.65 bits per heavy atom. The Morgan fingerprint density at radius 2 is 2.04 bits per heavy atom. The maximum Gasteiger partial charge on any atom is 0.416 e. The van der Waals surface area contributed by atoms with Crippen molar-refractivity contribution in [2.24, 2.45) is 0 Å². The van der Waals surface area contributed by atoms with Crippen LogP contribution < -0.4 is 5.32 Å². The summed E-state index contributed by atoms with van der Waals surface area (Å²) in [5, 5.41) is 3.88. The number of carbonyl (C=O) groups is 1. The fraction of sp³-hybridized carbons (Fsp3) is 0.375. The first-order valence-corrected chi connectivity index (χ1v) is 7.23. The van der Waals surface area contributed by atoms with Crippen molar-refractivity contribution in [2.75, 3.05) is 18.9 Å². The number of nitrogens with zero attached hydrogens (tertiary/aromatic N) is 2. The van der Waals surface area contributed by atoms with Crippen LogP contribution in [0, 0.1) is 6.92 Å². The van der Waals surface area contributed by atoms with Crippen molar-refractivity contribution in [2.45, 2.75) is 25.6 Å². The average Bonchev–Trinajstić information content (AvgIpc) is 2.75. The first kappa shape index (κ1) is 15.6. The molecule has 0 spiro atoms. The van der Waals surface area contributed by atoms with Gasteiger partial charge in [0.05, 0.1) is 17.1 Å².